The van der Waals surface area contributed by atoms with Crippen LogP contribution >= 0.6 is 0 Å². The molecular weight excluding hydrogens is 216 g/mol. The van der Waals surface area contributed by atoms with E-state index in [0.29, 0.717) is 0 Å². The molecule has 6 heteroatoms. The fraction of sp³-hybridized carbons (Fsp3) is 0.400. The third kappa shape index (κ3) is 7.34. The number of carbonyl (C=O) groups is 3. The number of carbonyl (C=O) groups excluding carboxylic acids is 3. The molecule has 0 aliphatic carbocycles. The molecule has 0 radical (unpaired) electrons. The number of rotatable bonds is 4. The van der Waals surface area contributed by atoms with Gasteiger partial charge in [0.05, 0.1) is 25.4 Å². The largest absolute Gasteiger partial charge is 0.516 e. The first-order valence-corrected chi connectivity index (χ1v) is 4.58. The molecule has 0 aromatic rings. The topological polar surface area (TPSA) is 78.9 Å². The highest BCUT2D eigenvalue weighted by Gasteiger charge is 2.06. The first kappa shape index (κ1) is 13.9. The summed E-state index contributed by atoms with van der Waals surface area (Å²) in [5.74, 6) is -1.61. The molecule has 0 aliphatic heterocycles. The number of hydrogen-bond donors (Lipinski definition) is 0. The molecule has 0 spiro atoms. The molecule has 0 atom stereocenters. The Bertz CT molecular complexity index is 324. The summed E-state index contributed by atoms with van der Waals surface area (Å²) in [6.07, 6.45) is 0.603. The standard InChI is InChI=1S/C10H12O6/c1-3-14-8(11)6-5-7-9(12)16-10(13)15-4-2/h6-7H,3-4H2,1-2H3. The Labute approximate surface area is 92.5 Å². The van der Waals surface area contributed by atoms with Gasteiger partial charge in [-0.3, -0.25) is 0 Å². The van der Waals surface area contributed by atoms with Crippen LogP contribution in [0.15, 0.2) is 17.9 Å². The van der Waals surface area contributed by atoms with Gasteiger partial charge in [-0.1, -0.05) is 0 Å². The van der Waals surface area contributed by atoms with Gasteiger partial charge in [-0.2, -0.15) is 0 Å². The SMILES string of the molecule is CCOC(=O)C=C=CC(=O)OC(=O)OCC. The van der Waals surface area contributed by atoms with Crippen LogP contribution in [-0.2, 0) is 23.8 Å². The maximum atomic E-state index is 10.9. The molecule has 0 aliphatic rings. The van der Waals surface area contributed by atoms with Crippen molar-refractivity contribution >= 4 is 18.1 Å². The van der Waals surface area contributed by atoms with E-state index < -0.39 is 18.1 Å². The van der Waals surface area contributed by atoms with E-state index >= 15 is 0 Å². The quantitative estimate of drug-likeness (QED) is 0.308. The summed E-state index contributed by atoms with van der Waals surface area (Å²) in [6, 6.07) is 0. The molecule has 0 rings (SSSR count). The van der Waals surface area contributed by atoms with Crippen molar-refractivity contribution in [3.8, 4) is 0 Å². The maximum Gasteiger partial charge on any atom is 0.516 e. The monoisotopic (exact) mass is 228 g/mol. The van der Waals surface area contributed by atoms with Gasteiger partial charge in [0.1, 0.15) is 0 Å². The summed E-state index contributed by atoms with van der Waals surface area (Å²) in [6.45, 7) is 3.55. The first-order chi connectivity index (χ1) is 7.60. The van der Waals surface area contributed by atoms with Crippen LogP contribution in [0.5, 0.6) is 0 Å². The number of esters is 2. The predicted molar refractivity (Wildman–Crippen MR) is 52.4 cm³/mol. The fourth-order valence-corrected chi connectivity index (χ4v) is 0.621. The molecule has 0 unspecified atom stereocenters. The van der Waals surface area contributed by atoms with E-state index in [2.05, 4.69) is 19.9 Å². The van der Waals surface area contributed by atoms with Crippen LogP contribution in [0.3, 0.4) is 0 Å². The minimum Gasteiger partial charge on any atom is -0.462 e. The Balaban J connectivity index is 4.08. The Morgan fingerprint density at radius 3 is 2.12 bits per heavy atom. The van der Waals surface area contributed by atoms with Gasteiger partial charge >= 0.3 is 18.1 Å². The lowest BCUT2D eigenvalue weighted by atomic mass is 10.5. The first-order valence-electron chi connectivity index (χ1n) is 4.58. The minimum absolute atomic E-state index is 0.106. The number of hydrogen-bond acceptors (Lipinski definition) is 6. The second-order valence-corrected chi connectivity index (χ2v) is 2.31. The molecule has 0 aromatic carbocycles. The van der Waals surface area contributed by atoms with Crippen LogP contribution in [-0.4, -0.2) is 31.3 Å². The van der Waals surface area contributed by atoms with Crippen molar-refractivity contribution in [1.29, 1.82) is 0 Å². The zero-order valence-corrected chi connectivity index (χ0v) is 9.02. The van der Waals surface area contributed by atoms with Gasteiger partial charge in [0, 0.05) is 0 Å². The maximum absolute atomic E-state index is 10.9. The minimum atomic E-state index is -1.10. The third-order valence-electron chi connectivity index (χ3n) is 1.14. The van der Waals surface area contributed by atoms with Gasteiger partial charge in [0.15, 0.2) is 0 Å². The van der Waals surface area contributed by atoms with Crippen molar-refractivity contribution < 1.29 is 28.6 Å². The zero-order chi connectivity index (χ0) is 12.4. The second-order valence-electron chi connectivity index (χ2n) is 2.31. The van der Waals surface area contributed by atoms with Gasteiger partial charge in [0.2, 0.25) is 0 Å². The smallest absolute Gasteiger partial charge is 0.462 e. The Morgan fingerprint density at radius 1 is 1.00 bits per heavy atom. The van der Waals surface area contributed by atoms with E-state index in [1.54, 1.807) is 13.8 Å². The van der Waals surface area contributed by atoms with Gasteiger partial charge in [-0.25, -0.2) is 14.4 Å². The van der Waals surface area contributed by atoms with Crippen LogP contribution in [0.1, 0.15) is 13.8 Å². The molecule has 0 heterocycles. The molecule has 0 saturated carbocycles. The fourth-order valence-electron chi connectivity index (χ4n) is 0.621. The summed E-state index contributed by atoms with van der Waals surface area (Å²) >= 11 is 0. The lowest BCUT2D eigenvalue weighted by Gasteiger charge is -1.97. The molecule has 0 N–H and O–H groups in total. The average molecular weight is 228 g/mol. The third-order valence-corrected chi connectivity index (χ3v) is 1.14. The molecule has 0 bridgehead atoms. The molecule has 88 valence electrons. The van der Waals surface area contributed by atoms with Crippen molar-refractivity contribution in [2.45, 2.75) is 13.8 Å². The summed E-state index contributed by atoms with van der Waals surface area (Å²) < 4.78 is 13.0. The number of ether oxygens (including phenoxy) is 3. The molecule has 0 amide bonds. The zero-order valence-electron chi connectivity index (χ0n) is 9.02. The van der Waals surface area contributed by atoms with Gasteiger partial charge in [-0.05, 0) is 13.8 Å². The van der Waals surface area contributed by atoms with Crippen molar-refractivity contribution in [2.24, 2.45) is 0 Å². The molecular formula is C10H12O6. The summed E-state index contributed by atoms with van der Waals surface area (Å²) in [7, 11) is 0. The Hall–Kier alpha value is -2.07. The van der Waals surface area contributed by atoms with Crippen molar-refractivity contribution in [3.05, 3.63) is 17.9 Å². The predicted octanol–water partition coefficient (Wildman–Crippen LogP) is 0.961. The lowest BCUT2D eigenvalue weighted by molar-refractivity contribution is -0.137. The van der Waals surface area contributed by atoms with E-state index in [4.69, 9.17) is 0 Å². The lowest BCUT2D eigenvalue weighted by Crippen LogP contribution is -2.11. The summed E-state index contributed by atoms with van der Waals surface area (Å²) in [5, 5.41) is 0. The molecule has 0 aromatic heterocycles. The van der Waals surface area contributed by atoms with Crippen LogP contribution in [0.4, 0.5) is 4.79 Å². The van der Waals surface area contributed by atoms with E-state index in [9.17, 15) is 14.4 Å². The van der Waals surface area contributed by atoms with Gasteiger partial charge in [0.25, 0.3) is 0 Å². The Kier molecular flexibility index (Phi) is 7.19. The van der Waals surface area contributed by atoms with Crippen molar-refractivity contribution in [3.63, 3.8) is 0 Å². The summed E-state index contributed by atoms with van der Waals surface area (Å²) in [4.78, 5) is 32.2. The average Bonchev–Trinajstić information content (AvgIpc) is 2.18. The summed E-state index contributed by atoms with van der Waals surface area (Å²) in [5.41, 5.74) is 2.21. The van der Waals surface area contributed by atoms with Crippen molar-refractivity contribution in [2.75, 3.05) is 13.2 Å². The second kappa shape index (κ2) is 8.26. The van der Waals surface area contributed by atoms with Gasteiger partial charge < -0.3 is 14.2 Å². The van der Waals surface area contributed by atoms with Crippen molar-refractivity contribution in [1.82, 2.24) is 0 Å². The Morgan fingerprint density at radius 2 is 1.56 bits per heavy atom. The molecule has 6 nitrogen and oxygen atoms in total. The molecule has 0 saturated heterocycles. The van der Waals surface area contributed by atoms with E-state index in [1.165, 1.54) is 0 Å². The van der Waals surface area contributed by atoms with Crippen LogP contribution in [0.2, 0.25) is 0 Å². The molecule has 0 fully saturated rings. The highest BCUT2D eigenvalue weighted by molar-refractivity contribution is 5.90. The van der Waals surface area contributed by atoms with Crippen LogP contribution in [0.25, 0.3) is 0 Å². The van der Waals surface area contributed by atoms with E-state index in [1.807, 2.05) is 0 Å². The molecule has 16 heavy (non-hydrogen) atoms. The van der Waals surface area contributed by atoms with Crippen LogP contribution in [0, 0.1) is 0 Å². The van der Waals surface area contributed by atoms with Gasteiger partial charge in [-0.15, -0.1) is 5.73 Å². The van der Waals surface area contributed by atoms with Crippen LogP contribution < -0.4 is 0 Å². The van der Waals surface area contributed by atoms with E-state index in [-0.39, 0.29) is 13.2 Å². The van der Waals surface area contributed by atoms with E-state index in [0.717, 1.165) is 12.2 Å². The normalized spacial score (nSPS) is 8.38. The highest BCUT2D eigenvalue weighted by Crippen LogP contribution is 1.87. The highest BCUT2D eigenvalue weighted by atomic mass is 16.7.